The average molecular weight is 259 g/mol. The summed E-state index contributed by atoms with van der Waals surface area (Å²) in [7, 11) is 0. The molecule has 7 nitrogen and oxygen atoms in total. The molecule has 3 rings (SSSR count). The van der Waals surface area contributed by atoms with Gasteiger partial charge in [0.15, 0.2) is 6.23 Å². The molecule has 0 spiro atoms. The van der Waals surface area contributed by atoms with Crippen molar-refractivity contribution in [2.24, 2.45) is 0 Å². The number of carbonyl (C=O) groups excluding carboxylic acids is 1. The van der Waals surface area contributed by atoms with Gasteiger partial charge in [0.1, 0.15) is 0 Å². The molecular weight excluding hydrogens is 250 g/mol. The quantitative estimate of drug-likeness (QED) is 0.597. The number of aromatic nitrogens is 1. The Morgan fingerprint density at radius 3 is 2.89 bits per heavy atom. The van der Waals surface area contributed by atoms with Gasteiger partial charge >= 0.3 is 0 Å². The number of fused-ring (bicyclic) bond motifs is 2. The molecule has 0 fully saturated rings. The van der Waals surface area contributed by atoms with Crippen LogP contribution in [0.4, 0.5) is 11.4 Å². The number of hydrogen-bond acceptors (Lipinski definition) is 5. The van der Waals surface area contributed by atoms with E-state index in [4.69, 9.17) is 0 Å². The SMILES string of the molecule is O=C1c2ccc([N+](=O)[O-])cc2NC(O)c2cccn21. The number of nitrogens with one attached hydrogen (secondary N) is 1. The summed E-state index contributed by atoms with van der Waals surface area (Å²) in [5.41, 5.74) is 0.775. The van der Waals surface area contributed by atoms with E-state index in [0.717, 1.165) is 0 Å². The van der Waals surface area contributed by atoms with Crippen molar-refractivity contribution in [3.05, 3.63) is 57.9 Å². The van der Waals surface area contributed by atoms with Gasteiger partial charge in [-0.05, 0) is 18.2 Å². The van der Waals surface area contributed by atoms with E-state index in [1.54, 1.807) is 18.3 Å². The van der Waals surface area contributed by atoms with Gasteiger partial charge in [0.05, 0.1) is 21.9 Å². The van der Waals surface area contributed by atoms with E-state index in [9.17, 15) is 20.0 Å². The van der Waals surface area contributed by atoms with E-state index in [-0.39, 0.29) is 22.8 Å². The fourth-order valence-electron chi connectivity index (χ4n) is 2.10. The van der Waals surface area contributed by atoms with Gasteiger partial charge in [-0.2, -0.15) is 0 Å². The number of aliphatic hydroxyl groups is 1. The van der Waals surface area contributed by atoms with Crippen LogP contribution < -0.4 is 5.32 Å². The molecule has 19 heavy (non-hydrogen) atoms. The summed E-state index contributed by atoms with van der Waals surface area (Å²) in [6.07, 6.45) is 0.446. The van der Waals surface area contributed by atoms with Crippen molar-refractivity contribution >= 4 is 17.3 Å². The highest BCUT2D eigenvalue weighted by Crippen LogP contribution is 2.30. The van der Waals surface area contributed by atoms with Gasteiger partial charge in [0.2, 0.25) is 0 Å². The van der Waals surface area contributed by atoms with Gasteiger partial charge < -0.3 is 10.4 Å². The van der Waals surface area contributed by atoms with Crippen LogP contribution in [-0.4, -0.2) is 20.5 Å². The minimum absolute atomic E-state index is 0.141. The Bertz CT molecular complexity index is 692. The largest absolute Gasteiger partial charge is 0.368 e. The first kappa shape index (κ1) is 11.4. The van der Waals surface area contributed by atoms with E-state index in [2.05, 4.69) is 5.32 Å². The second-order valence-corrected chi connectivity index (χ2v) is 4.14. The van der Waals surface area contributed by atoms with E-state index in [1.165, 1.54) is 22.8 Å². The maximum absolute atomic E-state index is 12.3. The summed E-state index contributed by atoms with van der Waals surface area (Å²) >= 11 is 0. The average Bonchev–Trinajstić information content (AvgIpc) is 2.83. The van der Waals surface area contributed by atoms with Crippen LogP contribution in [-0.2, 0) is 0 Å². The topological polar surface area (TPSA) is 97.4 Å². The molecule has 1 unspecified atom stereocenters. The first-order valence-corrected chi connectivity index (χ1v) is 5.53. The molecule has 1 aromatic heterocycles. The number of nitro groups is 1. The maximum atomic E-state index is 12.3. The highest BCUT2D eigenvalue weighted by Gasteiger charge is 2.26. The monoisotopic (exact) mass is 259 g/mol. The zero-order valence-corrected chi connectivity index (χ0v) is 9.61. The second-order valence-electron chi connectivity index (χ2n) is 4.14. The van der Waals surface area contributed by atoms with Gasteiger partial charge in [-0.15, -0.1) is 0 Å². The minimum Gasteiger partial charge on any atom is -0.368 e. The van der Waals surface area contributed by atoms with Crippen LogP contribution in [0.15, 0.2) is 36.5 Å². The number of benzene rings is 1. The van der Waals surface area contributed by atoms with Gasteiger partial charge in [0, 0.05) is 18.3 Å². The molecule has 1 aliphatic rings. The van der Waals surface area contributed by atoms with Gasteiger partial charge in [-0.25, -0.2) is 0 Å². The highest BCUT2D eigenvalue weighted by atomic mass is 16.6. The van der Waals surface area contributed by atoms with Crippen LogP contribution in [0.2, 0.25) is 0 Å². The Morgan fingerprint density at radius 2 is 2.16 bits per heavy atom. The molecule has 1 atom stereocenters. The van der Waals surface area contributed by atoms with Crippen LogP contribution in [0.1, 0.15) is 22.3 Å². The molecule has 0 amide bonds. The number of carbonyl (C=O) groups is 1. The van der Waals surface area contributed by atoms with Gasteiger partial charge in [-0.1, -0.05) is 0 Å². The first-order chi connectivity index (χ1) is 9.08. The number of anilines is 1. The van der Waals surface area contributed by atoms with E-state index in [0.29, 0.717) is 5.69 Å². The lowest BCUT2D eigenvalue weighted by atomic mass is 10.1. The fraction of sp³-hybridized carbons (Fsp3) is 0.0833. The Labute approximate surface area is 107 Å². The number of hydrogen-bond donors (Lipinski definition) is 2. The lowest BCUT2D eigenvalue weighted by Crippen LogP contribution is -2.14. The Kier molecular flexibility index (Phi) is 2.36. The summed E-state index contributed by atoms with van der Waals surface area (Å²) < 4.78 is 1.31. The smallest absolute Gasteiger partial charge is 0.271 e. The molecular formula is C12H9N3O4. The third kappa shape index (κ3) is 1.67. The van der Waals surface area contributed by atoms with Crippen LogP contribution in [0.25, 0.3) is 0 Å². The molecule has 0 radical (unpaired) electrons. The third-order valence-electron chi connectivity index (χ3n) is 3.02. The molecule has 96 valence electrons. The molecule has 1 aliphatic heterocycles. The summed E-state index contributed by atoms with van der Waals surface area (Å²) in [6, 6.07) is 7.14. The molecule has 1 aromatic carbocycles. The van der Waals surface area contributed by atoms with Crippen molar-refractivity contribution in [2.45, 2.75) is 6.23 Å². The molecule has 0 aliphatic carbocycles. The highest BCUT2D eigenvalue weighted by molar-refractivity contribution is 6.02. The lowest BCUT2D eigenvalue weighted by molar-refractivity contribution is -0.384. The predicted molar refractivity (Wildman–Crippen MR) is 65.8 cm³/mol. The first-order valence-electron chi connectivity index (χ1n) is 5.53. The van der Waals surface area contributed by atoms with Gasteiger partial charge in [-0.3, -0.25) is 19.5 Å². The van der Waals surface area contributed by atoms with Crippen molar-refractivity contribution < 1.29 is 14.8 Å². The number of non-ortho nitro benzene ring substituents is 1. The molecule has 2 N–H and O–H groups in total. The molecule has 7 heteroatoms. The Balaban J connectivity index is 2.18. The minimum atomic E-state index is -1.10. The number of aliphatic hydroxyl groups excluding tert-OH is 1. The maximum Gasteiger partial charge on any atom is 0.271 e. The van der Waals surface area contributed by atoms with E-state index < -0.39 is 11.2 Å². The van der Waals surface area contributed by atoms with Crippen molar-refractivity contribution in [3.8, 4) is 0 Å². The predicted octanol–water partition coefficient (Wildman–Crippen LogP) is 1.50. The van der Waals surface area contributed by atoms with Crippen molar-refractivity contribution in [3.63, 3.8) is 0 Å². The molecule has 0 saturated heterocycles. The van der Waals surface area contributed by atoms with Crippen molar-refractivity contribution in [1.29, 1.82) is 0 Å². The zero-order chi connectivity index (χ0) is 13.6. The molecule has 0 bridgehead atoms. The van der Waals surface area contributed by atoms with Crippen molar-refractivity contribution in [1.82, 2.24) is 4.57 Å². The van der Waals surface area contributed by atoms with E-state index in [1.807, 2.05) is 0 Å². The number of nitrogens with zero attached hydrogens (tertiary/aromatic N) is 2. The Morgan fingerprint density at radius 1 is 1.37 bits per heavy atom. The molecule has 2 aromatic rings. The zero-order valence-electron chi connectivity index (χ0n) is 9.61. The summed E-state index contributed by atoms with van der Waals surface area (Å²) in [6.45, 7) is 0. The van der Waals surface area contributed by atoms with Crippen LogP contribution in [0.5, 0.6) is 0 Å². The summed E-state index contributed by atoms with van der Waals surface area (Å²) in [5.74, 6) is -0.339. The standard InChI is InChI=1S/C12H9N3O4/c16-11-10-2-1-5-14(10)12(17)8-4-3-7(15(18)19)6-9(8)13-11/h1-6,11,13,16H. The van der Waals surface area contributed by atoms with E-state index >= 15 is 0 Å². The Hall–Kier alpha value is -2.67. The molecule has 2 heterocycles. The lowest BCUT2D eigenvalue weighted by Gasteiger charge is -2.11. The molecule has 0 saturated carbocycles. The second kappa shape index (κ2) is 3.92. The number of nitro benzene ring substituents is 1. The van der Waals surface area contributed by atoms with Gasteiger partial charge in [0.25, 0.3) is 11.6 Å². The van der Waals surface area contributed by atoms with Crippen molar-refractivity contribution in [2.75, 3.05) is 5.32 Å². The van der Waals surface area contributed by atoms with Crippen LogP contribution in [0.3, 0.4) is 0 Å². The number of rotatable bonds is 1. The van der Waals surface area contributed by atoms with Crippen LogP contribution >= 0.6 is 0 Å². The fourth-order valence-corrected chi connectivity index (χ4v) is 2.10. The summed E-state index contributed by atoms with van der Waals surface area (Å²) in [4.78, 5) is 22.4. The normalized spacial score (nSPS) is 17.1. The van der Waals surface area contributed by atoms with Crippen LogP contribution in [0, 0.1) is 10.1 Å². The third-order valence-corrected chi connectivity index (χ3v) is 3.02. The summed E-state index contributed by atoms with van der Waals surface area (Å²) in [5, 5.41) is 23.4.